The number of fused-ring (bicyclic) bond motifs is 1. The number of sulfonamides is 1. The minimum atomic E-state index is -3.21. The van der Waals surface area contributed by atoms with Crippen molar-refractivity contribution in [2.24, 2.45) is 0 Å². The van der Waals surface area contributed by atoms with Gasteiger partial charge in [-0.1, -0.05) is 48.5 Å². The lowest BCUT2D eigenvalue weighted by Gasteiger charge is -2.33. The van der Waals surface area contributed by atoms with E-state index in [1.54, 1.807) is 4.90 Å². The van der Waals surface area contributed by atoms with Crippen molar-refractivity contribution in [1.82, 2.24) is 13.8 Å². The molecule has 6 nitrogen and oxygen atoms in total. The van der Waals surface area contributed by atoms with Gasteiger partial charge in [-0.15, -0.1) is 0 Å². The molecule has 0 aliphatic carbocycles. The minimum absolute atomic E-state index is 0.00619. The van der Waals surface area contributed by atoms with Gasteiger partial charge in [0.05, 0.1) is 6.26 Å². The molecule has 4 rings (SSSR count). The number of hydrogen-bond donors (Lipinski definition) is 0. The van der Waals surface area contributed by atoms with Gasteiger partial charge in [0.2, 0.25) is 15.9 Å². The van der Waals surface area contributed by atoms with Gasteiger partial charge in [-0.3, -0.25) is 4.79 Å². The van der Waals surface area contributed by atoms with E-state index >= 15 is 0 Å². The van der Waals surface area contributed by atoms with Crippen LogP contribution in [0, 0.1) is 0 Å². The summed E-state index contributed by atoms with van der Waals surface area (Å²) < 4.78 is 26.9. The molecule has 1 aliphatic heterocycles. The summed E-state index contributed by atoms with van der Waals surface area (Å²) in [7, 11) is -3.21. The molecule has 0 saturated carbocycles. The first kappa shape index (κ1) is 18.7. The number of amides is 1. The van der Waals surface area contributed by atoms with E-state index in [9.17, 15) is 13.2 Å². The van der Waals surface area contributed by atoms with Crippen LogP contribution in [0.2, 0.25) is 0 Å². The molecule has 7 heteroatoms. The van der Waals surface area contributed by atoms with Crippen molar-refractivity contribution in [3.63, 3.8) is 0 Å². The molecule has 1 aromatic heterocycles. The van der Waals surface area contributed by atoms with Gasteiger partial charge in [0.1, 0.15) is 6.54 Å². The molecule has 0 radical (unpaired) electrons. The number of rotatable bonds is 4. The first-order chi connectivity index (χ1) is 13.4. The first-order valence-corrected chi connectivity index (χ1v) is 11.1. The van der Waals surface area contributed by atoms with E-state index in [1.807, 2.05) is 54.6 Å². The predicted octanol–water partition coefficient (Wildman–Crippen LogP) is 2.41. The number of hydrogen-bond acceptors (Lipinski definition) is 3. The zero-order valence-corrected chi connectivity index (χ0v) is 16.6. The molecule has 2 heterocycles. The molecule has 0 bridgehead atoms. The molecule has 28 heavy (non-hydrogen) atoms. The maximum Gasteiger partial charge on any atom is 0.242 e. The van der Waals surface area contributed by atoms with Gasteiger partial charge in [-0.05, 0) is 17.7 Å². The van der Waals surface area contributed by atoms with Crippen LogP contribution in [-0.2, 0) is 21.4 Å². The monoisotopic (exact) mass is 397 g/mol. The SMILES string of the molecule is CS(=O)(=O)N1CCN(C(=O)Cn2c(-c3ccccc3)cc3ccccc32)CC1. The fourth-order valence-corrected chi connectivity index (χ4v) is 4.56. The highest BCUT2D eigenvalue weighted by Gasteiger charge is 2.26. The summed E-state index contributed by atoms with van der Waals surface area (Å²) >= 11 is 0. The lowest BCUT2D eigenvalue weighted by atomic mass is 10.1. The Morgan fingerprint density at radius 2 is 1.57 bits per heavy atom. The number of aromatic nitrogens is 1. The van der Waals surface area contributed by atoms with Crippen LogP contribution < -0.4 is 0 Å². The Kier molecular flexibility index (Phi) is 4.95. The first-order valence-electron chi connectivity index (χ1n) is 9.30. The van der Waals surface area contributed by atoms with Crippen molar-refractivity contribution in [2.45, 2.75) is 6.54 Å². The van der Waals surface area contributed by atoms with Crippen molar-refractivity contribution < 1.29 is 13.2 Å². The highest BCUT2D eigenvalue weighted by atomic mass is 32.2. The second-order valence-corrected chi connectivity index (χ2v) is 9.07. The van der Waals surface area contributed by atoms with Crippen LogP contribution in [0.1, 0.15) is 0 Å². The third-order valence-electron chi connectivity index (χ3n) is 5.23. The summed E-state index contributed by atoms with van der Waals surface area (Å²) in [6.45, 7) is 1.78. The van der Waals surface area contributed by atoms with Crippen molar-refractivity contribution in [3.8, 4) is 11.3 Å². The standard InChI is InChI=1S/C21H23N3O3S/c1-28(26,27)23-13-11-22(12-14-23)21(25)16-24-19-10-6-5-9-18(19)15-20(24)17-7-3-2-4-8-17/h2-10,15H,11-14,16H2,1H3. The Balaban J connectivity index is 1.60. The second-order valence-electron chi connectivity index (χ2n) is 7.08. The fourth-order valence-electron chi connectivity index (χ4n) is 3.73. The summed E-state index contributed by atoms with van der Waals surface area (Å²) in [6, 6.07) is 20.2. The molecule has 0 N–H and O–H groups in total. The Labute approximate surface area is 165 Å². The van der Waals surface area contributed by atoms with Gasteiger partial charge >= 0.3 is 0 Å². The molecule has 1 amide bonds. The maximum absolute atomic E-state index is 13.0. The van der Waals surface area contributed by atoms with Crippen LogP contribution in [0.3, 0.4) is 0 Å². The van der Waals surface area contributed by atoms with Crippen molar-refractivity contribution in [2.75, 3.05) is 32.4 Å². The number of carbonyl (C=O) groups excluding carboxylic acids is 1. The Bertz CT molecular complexity index is 1100. The van der Waals surface area contributed by atoms with E-state index in [4.69, 9.17) is 0 Å². The van der Waals surface area contributed by atoms with Gasteiger partial charge in [0.25, 0.3) is 0 Å². The van der Waals surface area contributed by atoms with Crippen LogP contribution >= 0.6 is 0 Å². The molecule has 2 aromatic carbocycles. The van der Waals surface area contributed by atoms with Crippen LogP contribution in [-0.4, -0.2) is 60.5 Å². The molecule has 3 aromatic rings. The van der Waals surface area contributed by atoms with Crippen LogP contribution in [0.5, 0.6) is 0 Å². The van der Waals surface area contributed by atoms with Gasteiger partial charge < -0.3 is 9.47 Å². The average Bonchev–Trinajstić information content (AvgIpc) is 3.06. The maximum atomic E-state index is 13.0. The summed E-state index contributed by atoms with van der Waals surface area (Å²) in [5.41, 5.74) is 3.09. The summed E-state index contributed by atoms with van der Waals surface area (Å²) in [6.07, 6.45) is 1.21. The van der Waals surface area contributed by atoms with Gasteiger partial charge in [0.15, 0.2) is 0 Å². The molecule has 0 unspecified atom stereocenters. The Hall–Kier alpha value is -2.64. The van der Waals surface area contributed by atoms with E-state index in [1.165, 1.54) is 10.6 Å². The third kappa shape index (κ3) is 3.68. The smallest absolute Gasteiger partial charge is 0.242 e. The number of carbonyl (C=O) groups is 1. The largest absolute Gasteiger partial charge is 0.339 e. The van der Waals surface area contributed by atoms with Crippen molar-refractivity contribution >= 4 is 26.8 Å². The van der Waals surface area contributed by atoms with E-state index in [0.717, 1.165) is 22.2 Å². The molecule has 1 fully saturated rings. The van der Waals surface area contributed by atoms with Gasteiger partial charge in [-0.2, -0.15) is 4.31 Å². The number of para-hydroxylation sites is 1. The van der Waals surface area contributed by atoms with Crippen LogP contribution in [0.4, 0.5) is 0 Å². The highest BCUT2D eigenvalue weighted by Crippen LogP contribution is 2.28. The molecule has 1 aliphatic rings. The lowest BCUT2D eigenvalue weighted by Crippen LogP contribution is -2.50. The summed E-state index contributed by atoms with van der Waals surface area (Å²) in [5, 5.41) is 1.09. The average molecular weight is 398 g/mol. The van der Waals surface area contributed by atoms with Crippen LogP contribution in [0.15, 0.2) is 60.7 Å². The van der Waals surface area contributed by atoms with Gasteiger partial charge in [0, 0.05) is 42.8 Å². The third-order valence-corrected chi connectivity index (χ3v) is 6.54. The summed E-state index contributed by atoms with van der Waals surface area (Å²) in [4.78, 5) is 14.7. The number of benzene rings is 2. The summed E-state index contributed by atoms with van der Waals surface area (Å²) in [5.74, 6) is 0.00619. The molecule has 1 saturated heterocycles. The molecule has 0 spiro atoms. The fraction of sp³-hybridized carbons (Fsp3) is 0.286. The highest BCUT2D eigenvalue weighted by molar-refractivity contribution is 7.88. The van der Waals surface area contributed by atoms with E-state index in [2.05, 4.69) is 10.6 Å². The number of nitrogens with zero attached hydrogens (tertiary/aromatic N) is 3. The Morgan fingerprint density at radius 1 is 0.929 bits per heavy atom. The topological polar surface area (TPSA) is 62.6 Å². The zero-order valence-electron chi connectivity index (χ0n) is 15.8. The lowest BCUT2D eigenvalue weighted by molar-refractivity contribution is -0.132. The second kappa shape index (κ2) is 7.41. The van der Waals surface area contributed by atoms with Crippen molar-refractivity contribution in [3.05, 3.63) is 60.7 Å². The molecular formula is C21H23N3O3S. The zero-order chi connectivity index (χ0) is 19.7. The van der Waals surface area contributed by atoms with Crippen molar-refractivity contribution in [1.29, 1.82) is 0 Å². The molecule has 146 valence electrons. The quantitative estimate of drug-likeness (QED) is 0.679. The molecule has 0 atom stereocenters. The van der Waals surface area contributed by atoms with E-state index in [0.29, 0.717) is 26.2 Å². The minimum Gasteiger partial charge on any atom is -0.339 e. The van der Waals surface area contributed by atoms with E-state index < -0.39 is 10.0 Å². The Morgan fingerprint density at radius 3 is 2.25 bits per heavy atom. The molecular weight excluding hydrogens is 374 g/mol. The normalized spacial score (nSPS) is 15.8. The predicted molar refractivity (Wildman–Crippen MR) is 110 cm³/mol. The van der Waals surface area contributed by atoms with Gasteiger partial charge in [-0.25, -0.2) is 8.42 Å². The van der Waals surface area contributed by atoms with E-state index in [-0.39, 0.29) is 12.5 Å². The number of piperazine rings is 1. The van der Waals surface area contributed by atoms with Crippen LogP contribution in [0.25, 0.3) is 22.2 Å².